The number of aliphatic imine (C=N–C) groups is 1. The van der Waals surface area contributed by atoms with Gasteiger partial charge in [0.05, 0.1) is 7.11 Å². The van der Waals surface area contributed by atoms with Crippen LogP contribution in [0, 0.1) is 0 Å². The van der Waals surface area contributed by atoms with Crippen molar-refractivity contribution in [3.63, 3.8) is 0 Å². The van der Waals surface area contributed by atoms with E-state index in [1.807, 2.05) is 48.5 Å². The van der Waals surface area contributed by atoms with Gasteiger partial charge in [0.25, 0.3) is 0 Å². The standard InChI is InChI=1S/C18H22ClN3O.HI/c1-20-18(21-11-10-15-7-3-4-9-17(15)19)22-13-14-6-5-8-16(12-14)23-2;/h3-9,12H,10-11,13H2,1-2H3,(H2,20,21,22);1H. The van der Waals surface area contributed by atoms with Gasteiger partial charge in [0.1, 0.15) is 5.75 Å². The van der Waals surface area contributed by atoms with Gasteiger partial charge >= 0.3 is 0 Å². The number of guanidine groups is 1. The van der Waals surface area contributed by atoms with Crippen LogP contribution >= 0.6 is 35.6 Å². The molecule has 0 spiro atoms. The second-order valence-electron chi connectivity index (χ2n) is 5.05. The molecule has 130 valence electrons. The summed E-state index contributed by atoms with van der Waals surface area (Å²) < 4.78 is 5.23. The average Bonchev–Trinajstić information content (AvgIpc) is 2.59. The molecule has 0 fully saturated rings. The Labute approximate surface area is 165 Å². The molecule has 0 atom stereocenters. The van der Waals surface area contributed by atoms with Crippen molar-refractivity contribution >= 4 is 41.5 Å². The zero-order chi connectivity index (χ0) is 16.5. The molecule has 2 rings (SSSR count). The molecule has 24 heavy (non-hydrogen) atoms. The lowest BCUT2D eigenvalue weighted by Crippen LogP contribution is -2.37. The van der Waals surface area contributed by atoms with Crippen molar-refractivity contribution in [2.75, 3.05) is 20.7 Å². The first-order valence-corrected chi connectivity index (χ1v) is 7.91. The van der Waals surface area contributed by atoms with E-state index in [9.17, 15) is 0 Å². The highest BCUT2D eigenvalue weighted by Crippen LogP contribution is 2.15. The Balaban J connectivity index is 0.00000288. The highest BCUT2D eigenvalue weighted by Gasteiger charge is 2.02. The Hall–Kier alpha value is -1.47. The summed E-state index contributed by atoms with van der Waals surface area (Å²) in [5.41, 5.74) is 2.27. The van der Waals surface area contributed by atoms with Gasteiger partial charge in [-0.15, -0.1) is 24.0 Å². The molecule has 0 aliphatic rings. The van der Waals surface area contributed by atoms with Crippen molar-refractivity contribution in [2.45, 2.75) is 13.0 Å². The van der Waals surface area contributed by atoms with Crippen LogP contribution in [-0.4, -0.2) is 26.7 Å². The highest BCUT2D eigenvalue weighted by atomic mass is 127. The maximum atomic E-state index is 6.16. The van der Waals surface area contributed by atoms with Gasteiger partial charge in [0, 0.05) is 25.2 Å². The normalized spacial score (nSPS) is 10.7. The zero-order valence-corrected chi connectivity index (χ0v) is 17.0. The summed E-state index contributed by atoms with van der Waals surface area (Å²) in [6.07, 6.45) is 0.847. The third kappa shape index (κ3) is 6.57. The van der Waals surface area contributed by atoms with E-state index in [-0.39, 0.29) is 24.0 Å². The highest BCUT2D eigenvalue weighted by molar-refractivity contribution is 14.0. The molecular formula is C18H23ClIN3O. The van der Waals surface area contributed by atoms with E-state index in [0.717, 1.165) is 40.8 Å². The number of nitrogens with zero attached hydrogens (tertiary/aromatic N) is 1. The fourth-order valence-corrected chi connectivity index (χ4v) is 2.44. The van der Waals surface area contributed by atoms with Crippen LogP contribution in [0.5, 0.6) is 5.75 Å². The summed E-state index contributed by atoms with van der Waals surface area (Å²) >= 11 is 6.16. The molecule has 0 heterocycles. The summed E-state index contributed by atoms with van der Waals surface area (Å²) in [5.74, 6) is 1.62. The van der Waals surface area contributed by atoms with E-state index in [0.29, 0.717) is 6.54 Å². The van der Waals surface area contributed by atoms with Gasteiger partial charge in [-0.1, -0.05) is 41.9 Å². The molecular weight excluding hydrogens is 437 g/mol. The molecule has 6 heteroatoms. The van der Waals surface area contributed by atoms with Crippen molar-refractivity contribution < 1.29 is 4.74 Å². The Morgan fingerprint density at radius 3 is 2.62 bits per heavy atom. The first kappa shape index (κ1) is 20.6. The number of hydrogen-bond acceptors (Lipinski definition) is 2. The van der Waals surface area contributed by atoms with Gasteiger partial charge in [-0.3, -0.25) is 4.99 Å². The second kappa shape index (κ2) is 11.1. The molecule has 2 aromatic carbocycles. The van der Waals surface area contributed by atoms with Crippen LogP contribution in [0.2, 0.25) is 5.02 Å². The van der Waals surface area contributed by atoms with Crippen molar-refractivity contribution in [1.29, 1.82) is 0 Å². The summed E-state index contributed by atoms with van der Waals surface area (Å²) in [5, 5.41) is 7.38. The molecule has 0 bridgehead atoms. The minimum Gasteiger partial charge on any atom is -0.497 e. The predicted octanol–water partition coefficient (Wildman–Crippen LogP) is 3.87. The molecule has 0 unspecified atom stereocenters. The second-order valence-corrected chi connectivity index (χ2v) is 5.45. The van der Waals surface area contributed by atoms with E-state index in [2.05, 4.69) is 15.6 Å². The Bertz CT molecular complexity index is 664. The third-order valence-corrected chi connectivity index (χ3v) is 3.83. The number of rotatable bonds is 6. The minimum absolute atomic E-state index is 0. The lowest BCUT2D eigenvalue weighted by Gasteiger charge is -2.13. The zero-order valence-electron chi connectivity index (χ0n) is 13.9. The van der Waals surface area contributed by atoms with Crippen LogP contribution in [0.15, 0.2) is 53.5 Å². The topological polar surface area (TPSA) is 45.7 Å². The monoisotopic (exact) mass is 459 g/mol. The van der Waals surface area contributed by atoms with Gasteiger partial charge < -0.3 is 15.4 Å². The first-order valence-electron chi connectivity index (χ1n) is 7.54. The number of nitrogens with one attached hydrogen (secondary N) is 2. The molecule has 0 aliphatic carbocycles. The van der Waals surface area contributed by atoms with Gasteiger partial charge in [-0.2, -0.15) is 0 Å². The van der Waals surface area contributed by atoms with Crippen molar-refractivity contribution in [2.24, 2.45) is 4.99 Å². The predicted molar refractivity (Wildman–Crippen MR) is 112 cm³/mol. The molecule has 2 N–H and O–H groups in total. The molecule has 0 aromatic heterocycles. The molecule has 0 saturated heterocycles. The maximum absolute atomic E-state index is 6.16. The number of hydrogen-bond donors (Lipinski definition) is 2. The summed E-state index contributed by atoms with van der Waals surface area (Å²) in [6, 6.07) is 15.8. The lowest BCUT2D eigenvalue weighted by molar-refractivity contribution is 0.414. The van der Waals surface area contributed by atoms with Crippen molar-refractivity contribution in [3.8, 4) is 5.75 Å². The van der Waals surface area contributed by atoms with Crippen LogP contribution in [0.25, 0.3) is 0 Å². The largest absolute Gasteiger partial charge is 0.497 e. The van der Waals surface area contributed by atoms with Crippen molar-refractivity contribution in [1.82, 2.24) is 10.6 Å². The maximum Gasteiger partial charge on any atom is 0.191 e. The Morgan fingerprint density at radius 1 is 1.12 bits per heavy atom. The van der Waals surface area contributed by atoms with Crippen LogP contribution < -0.4 is 15.4 Å². The van der Waals surface area contributed by atoms with Gasteiger partial charge in [-0.05, 0) is 35.7 Å². The Kier molecular flexibility index (Phi) is 9.56. The SMILES string of the molecule is CN=C(NCCc1ccccc1Cl)NCc1cccc(OC)c1.I. The summed E-state index contributed by atoms with van der Waals surface area (Å²) in [7, 11) is 3.43. The van der Waals surface area contributed by atoms with Crippen molar-refractivity contribution in [3.05, 3.63) is 64.7 Å². The quantitative estimate of drug-likeness (QED) is 0.392. The van der Waals surface area contributed by atoms with E-state index < -0.39 is 0 Å². The summed E-state index contributed by atoms with van der Waals surface area (Å²) in [4.78, 5) is 4.23. The molecule has 0 aliphatic heterocycles. The van der Waals surface area contributed by atoms with Gasteiger partial charge in [0.2, 0.25) is 0 Å². The van der Waals surface area contributed by atoms with E-state index in [1.165, 1.54) is 0 Å². The smallest absolute Gasteiger partial charge is 0.191 e. The lowest BCUT2D eigenvalue weighted by atomic mass is 10.1. The number of ether oxygens (including phenoxy) is 1. The van der Waals surface area contributed by atoms with Crippen LogP contribution in [0.3, 0.4) is 0 Å². The Morgan fingerprint density at radius 2 is 1.92 bits per heavy atom. The molecule has 0 amide bonds. The van der Waals surface area contributed by atoms with E-state index >= 15 is 0 Å². The molecule has 0 saturated carbocycles. The number of methoxy groups -OCH3 is 1. The number of benzene rings is 2. The fourth-order valence-electron chi connectivity index (χ4n) is 2.21. The van der Waals surface area contributed by atoms with Crippen LogP contribution in [0.4, 0.5) is 0 Å². The van der Waals surface area contributed by atoms with Crippen LogP contribution in [0.1, 0.15) is 11.1 Å². The molecule has 4 nitrogen and oxygen atoms in total. The first-order chi connectivity index (χ1) is 11.2. The van der Waals surface area contributed by atoms with Gasteiger partial charge in [-0.25, -0.2) is 0 Å². The molecule has 2 aromatic rings. The van der Waals surface area contributed by atoms with E-state index in [1.54, 1.807) is 14.2 Å². The summed E-state index contributed by atoms with van der Waals surface area (Å²) in [6.45, 7) is 1.45. The molecule has 0 radical (unpaired) electrons. The average molecular weight is 460 g/mol. The van der Waals surface area contributed by atoms with Crippen LogP contribution in [-0.2, 0) is 13.0 Å². The van der Waals surface area contributed by atoms with E-state index in [4.69, 9.17) is 16.3 Å². The van der Waals surface area contributed by atoms with Gasteiger partial charge in [0.15, 0.2) is 5.96 Å². The minimum atomic E-state index is 0. The third-order valence-electron chi connectivity index (χ3n) is 3.46. The fraction of sp³-hybridized carbons (Fsp3) is 0.278. The number of halogens is 2.